The number of hydrogen-bond donors (Lipinski definition) is 2. The van der Waals surface area contributed by atoms with Gasteiger partial charge in [0.1, 0.15) is 5.75 Å². The summed E-state index contributed by atoms with van der Waals surface area (Å²) in [6, 6.07) is 12.9. The lowest BCUT2D eigenvalue weighted by atomic mass is 10.1. The summed E-state index contributed by atoms with van der Waals surface area (Å²) in [7, 11) is 0. The Kier molecular flexibility index (Phi) is 5.79. The summed E-state index contributed by atoms with van der Waals surface area (Å²) >= 11 is 0. The third-order valence-corrected chi connectivity index (χ3v) is 3.98. The lowest BCUT2D eigenvalue weighted by Gasteiger charge is -2.10. The van der Waals surface area contributed by atoms with E-state index < -0.39 is 29.5 Å². The molecule has 3 N–H and O–H groups in total. The third kappa shape index (κ3) is 4.78. The fraction of sp³-hybridized carbons (Fsp3) is 0.100. The minimum atomic E-state index is -4.48. The van der Waals surface area contributed by atoms with Crippen molar-refractivity contribution in [1.29, 1.82) is 0 Å². The molecule has 30 heavy (non-hydrogen) atoms. The van der Waals surface area contributed by atoms with Crippen molar-refractivity contribution in [3.8, 4) is 22.9 Å². The topological polar surface area (TPSA) is 115 Å². The number of amides is 1. The molecule has 2 heterocycles. The Morgan fingerprint density at radius 2 is 1.73 bits per heavy atom. The van der Waals surface area contributed by atoms with Crippen LogP contribution in [0.3, 0.4) is 0 Å². The molecule has 1 unspecified atom stereocenters. The van der Waals surface area contributed by atoms with E-state index in [4.69, 9.17) is 10.5 Å². The summed E-state index contributed by atoms with van der Waals surface area (Å²) in [5.74, 6) is -2.13. The Morgan fingerprint density at radius 1 is 1.03 bits per heavy atom. The lowest BCUT2D eigenvalue weighted by Crippen LogP contribution is -2.29. The molecule has 0 saturated heterocycles. The van der Waals surface area contributed by atoms with Gasteiger partial charge in [-0.2, -0.15) is 13.2 Å². The van der Waals surface area contributed by atoms with Crippen molar-refractivity contribution < 1.29 is 32.6 Å². The summed E-state index contributed by atoms with van der Waals surface area (Å²) in [6.07, 6.45) is -5.57. The van der Waals surface area contributed by atoms with Crippen LogP contribution in [0.4, 0.5) is 13.2 Å². The predicted molar refractivity (Wildman–Crippen MR) is 98.1 cm³/mol. The molecule has 154 valence electrons. The molecular formula is C20H14F3N3O4. The number of aliphatic hydroxyl groups excluding tert-OH is 1. The summed E-state index contributed by atoms with van der Waals surface area (Å²) in [5, 5.41) is 9.90. The number of ketones is 1. The minimum absolute atomic E-state index is 0.0102. The number of primary amides is 1. The number of nitrogens with two attached hydrogens (primary N) is 1. The number of carbonyl (C=O) groups is 2. The van der Waals surface area contributed by atoms with Crippen molar-refractivity contribution in [3.63, 3.8) is 0 Å². The predicted octanol–water partition coefficient (Wildman–Crippen LogP) is 3.04. The van der Waals surface area contributed by atoms with E-state index in [1.54, 1.807) is 36.4 Å². The minimum Gasteiger partial charge on any atom is -0.439 e. The van der Waals surface area contributed by atoms with Gasteiger partial charge in [-0.05, 0) is 42.5 Å². The first kappa shape index (κ1) is 20.9. The molecule has 10 heteroatoms. The zero-order valence-electron chi connectivity index (χ0n) is 15.1. The van der Waals surface area contributed by atoms with Crippen molar-refractivity contribution >= 4 is 11.7 Å². The van der Waals surface area contributed by atoms with E-state index >= 15 is 0 Å². The van der Waals surface area contributed by atoms with E-state index in [9.17, 15) is 27.9 Å². The maximum atomic E-state index is 12.6. The number of hydrogen-bond acceptors (Lipinski definition) is 6. The van der Waals surface area contributed by atoms with Gasteiger partial charge in [0, 0.05) is 17.8 Å². The van der Waals surface area contributed by atoms with Crippen LogP contribution < -0.4 is 10.5 Å². The molecule has 1 aromatic carbocycles. The second-order valence-electron chi connectivity index (χ2n) is 6.09. The number of nitrogens with zero attached hydrogens (tertiary/aromatic N) is 2. The molecule has 0 radical (unpaired) electrons. The summed E-state index contributed by atoms with van der Waals surface area (Å²) in [4.78, 5) is 30.3. The molecule has 0 aliphatic heterocycles. The molecule has 0 saturated carbocycles. The Hall–Kier alpha value is -3.79. The van der Waals surface area contributed by atoms with E-state index in [0.29, 0.717) is 23.2 Å². The van der Waals surface area contributed by atoms with Gasteiger partial charge in [0.15, 0.2) is 6.10 Å². The molecule has 3 aromatic rings. The quantitative estimate of drug-likeness (QED) is 0.596. The highest BCUT2D eigenvalue weighted by molar-refractivity contribution is 6.37. The second-order valence-corrected chi connectivity index (χ2v) is 6.09. The number of ether oxygens (including phenoxy) is 1. The summed E-state index contributed by atoms with van der Waals surface area (Å²) in [6.45, 7) is 0. The Morgan fingerprint density at radius 3 is 2.30 bits per heavy atom. The van der Waals surface area contributed by atoms with Gasteiger partial charge >= 0.3 is 6.18 Å². The van der Waals surface area contributed by atoms with Gasteiger partial charge in [0.2, 0.25) is 5.88 Å². The first-order valence-electron chi connectivity index (χ1n) is 8.45. The van der Waals surface area contributed by atoms with Crippen LogP contribution in [-0.4, -0.2) is 26.8 Å². The van der Waals surface area contributed by atoms with Crippen LogP contribution in [0.15, 0.2) is 60.8 Å². The van der Waals surface area contributed by atoms with Crippen LogP contribution in [0, 0.1) is 0 Å². The van der Waals surface area contributed by atoms with Gasteiger partial charge in [-0.3, -0.25) is 9.59 Å². The zero-order chi connectivity index (χ0) is 21.9. The van der Waals surface area contributed by atoms with Crippen molar-refractivity contribution in [2.75, 3.05) is 0 Å². The highest BCUT2D eigenvalue weighted by atomic mass is 19.4. The number of pyridine rings is 2. The number of aliphatic hydroxyl groups is 1. The van der Waals surface area contributed by atoms with E-state index in [1.165, 1.54) is 6.07 Å². The van der Waals surface area contributed by atoms with E-state index in [-0.39, 0.29) is 11.6 Å². The number of Topliss-reactive ketones (excluding diaryl/α,β-unsaturated/α-hetero) is 1. The molecule has 1 atom stereocenters. The largest absolute Gasteiger partial charge is 0.439 e. The average molecular weight is 417 g/mol. The van der Waals surface area contributed by atoms with E-state index in [2.05, 4.69) is 9.97 Å². The lowest BCUT2D eigenvalue weighted by molar-refractivity contribution is -0.141. The molecule has 7 nitrogen and oxygen atoms in total. The van der Waals surface area contributed by atoms with Gasteiger partial charge < -0.3 is 15.6 Å². The number of benzene rings is 1. The van der Waals surface area contributed by atoms with Gasteiger partial charge in [0.25, 0.3) is 11.7 Å². The highest BCUT2D eigenvalue weighted by Gasteiger charge is 2.30. The van der Waals surface area contributed by atoms with Crippen LogP contribution in [0.25, 0.3) is 11.3 Å². The molecule has 0 spiro atoms. The molecule has 3 rings (SSSR count). The van der Waals surface area contributed by atoms with Crippen LogP contribution >= 0.6 is 0 Å². The van der Waals surface area contributed by atoms with Gasteiger partial charge in [-0.25, -0.2) is 9.97 Å². The van der Waals surface area contributed by atoms with Crippen LogP contribution in [0.5, 0.6) is 11.6 Å². The first-order chi connectivity index (χ1) is 14.1. The van der Waals surface area contributed by atoms with Crippen molar-refractivity contribution in [2.45, 2.75) is 12.3 Å². The molecule has 0 bridgehead atoms. The summed E-state index contributed by atoms with van der Waals surface area (Å²) in [5.41, 5.74) is 4.97. The molecule has 2 aromatic heterocycles. The van der Waals surface area contributed by atoms with Gasteiger partial charge in [-0.1, -0.05) is 6.07 Å². The van der Waals surface area contributed by atoms with Crippen LogP contribution in [0.1, 0.15) is 17.4 Å². The molecule has 0 aliphatic rings. The Bertz CT molecular complexity index is 1070. The standard InChI is InChI=1S/C20H14F3N3O4/c21-20(22,23)12-6-9-16(25-10-12)30-13-7-4-11(5-8-13)14-2-1-3-15(26-14)17(27)18(28)19(24)29/h1-10,17,27H,(H2,24,29). The third-order valence-electron chi connectivity index (χ3n) is 3.98. The SMILES string of the molecule is NC(=O)C(=O)C(O)c1cccc(-c2ccc(Oc3ccc(C(F)(F)F)cn3)cc2)n1. The Labute approximate surface area is 168 Å². The van der Waals surface area contributed by atoms with Crippen molar-refractivity contribution in [3.05, 3.63) is 72.1 Å². The zero-order valence-corrected chi connectivity index (χ0v) is 15.1. The molecule has 1 amide bonds. The monoisotopic (exact) mass is 417 g/mol. The fourth-order valence-corrected chi connectivity index (χ4v) is 2.46. The van der Waals surface area contributed by atoms with Gasteiger partial charge in [-0.15, -0.1) is 0 Å². The Balaban J connectivity index is 1.75. The fourth-order valence-electron chi connectivity index (χ4n) is 2.46. The van der Waals surface area contributed by atoms with Gasteiger partial charge in [0.05, 0.1) is 17.0 Å². The average Bonchev–Trinajstić information content (AvgIpc) is 2.73. The number of aromatic nitrogens is 2. The molecule has 0 aliphatic carbocycles. The van der Waals surface area contributed by atoms with Crippen LogP contribution in [0.2, 0.25) is 0 Å². The maximum absolute atomic E-state index is 12.6. The number of rotatable bonds is 6. The second kappa shape index (κ2) is 8.29. The molecular weight excluding hydrogens is 403 g/mol. The van der Waals surface area contributed by atoms with Crippen molar-refractivity contribution in [2.24, 2.45) is 5.73 Å². The van der Waals surface area contributed by atoms with E-state index in [1.807, 2.05) is 0 Å². The molecule has 0 fully saturated rings. The number of alkyl halides is 3. The normalized spacial score (nSPS) is 12.3. The summed E-state index contributed by atoms with van der Waals surface area (Å²) < 4.78 is 43.1. The smallest absolute Gasteiger partial charge is 0.417 e. The number of halogens is 3. The van der Waals surface area contributed by atoms with E-state index in [0.717, 1.165) is 12.1 Å². The first-order valence-corrected chi connectivity index (χ1v) is 8.45. The van der Waals surface area contributed by atoms with Crippen molar-refractivity contribution in [1.82, 2.24) is 9.97 Å². The maximum Gasteiger partial charge on any atom is 0.417 e. The van der Waals surface area contributed by atoms with Crippen LogP contribution in [-0.2, 0) is 15.8 Å². The highest BCUT2D eigenvalue weighted by Crippen LogP contribution is 2.30. The number of carbonyl (C=O) groups excluding carboxylic acids is 2.